The van der Waals surface area contributed by atoms with Crippen LogP contribution < -0.4 is 5.73 Å². The second kappa shape index (κ2) is 2.20. The average molecular weight is 155 g/mol. The lowest BCUT2D eigenvalue weighted by atomic mass is 9.47. The Morgan fingerprint density at radius 2 is 2.09 bits per heavy atom. The van der Waals surface area contributed by atoms with Crippen molar-refractivity contribution in [1.29, 1.82) is 0 Å². The highest BCUT2D eigenvalue weighted by molar-refractivity contribution is 5.14. The van der Waals surface area contributed by atoms with Crippen LogP contribution in [-0.4, -0.2) is 19.3 Å². The van der Waals surface area contributed by atoms with E-state index in [9.17, 15) is 0 Å². The Bertz CT molecular complexity index is 165. The SMILES string of the molecule is CO[C@H]1[C@H](C)[C@@H](N)C12CCC2. The molecule has 0 unspecified atom stereocenters. The number of hydrogen-bond donors (Lipinski definition) is 1. The zero-order valence-electron chi connectivity index (χ0n) is 7.34. The zero-order chi connectivity index (χ0) is 8.06. The molecule has 11 heavy (non-hydrogen) atoms. The predicted molar refractivity (Wildman–Crippen MR) is 44.2 cm³/mol. The quantitative estimate of drug-likeness (QED) is 0.616. The van der Waals surface area contributed by atoms with Crippen LogP contribution in [0.15, 0.2) is 0 Å². The summed E-state index contributed by atoms with van der Waals surface area (Å²) in [6, 6.07) is 0.404. The van der Waals surface area contributed by atoms with Crippen molar-refractivity contribution in [2.75, 3.05) is 7.11 Å². The van der Waals surface area contributed by atoms with E-state index >= 15 is 0 Å². The molecule has 2 aliphatic rings. The van der Waals surface area contributed by atoms with Crippen molar-refractivity contribution in [2.45, 2.75) is 38.3 Å². The van der Waals surface area contributed by atoms with E-state index in [2.05, 4.69) is 6.92 Å². The lowest BCUT2D eigenvalue weighted by Crippen LogP contribution is -2.70. The molecule has 0 heterocycles. The lowest BCUT2D eigenvalue weighted by Gasteiger charge is -2.63. The van der Waals surface area contributed by atoms with Crippen LogP contribution in [0.4, 0.5) is 0 Å². The van der Waals surface area contributed by atoms with Gasteiger partial charge in [-0.25, -0.2) is 0 Å². The molecule has 2 nitrogen and oxygen atoms in total. The minimum Gasteiger partial charge on any atom is -0.380 e. The Morgan fingerprint density at radius 3 is 2.36 bits per heavy atom. The van der Waals surface area contributed by atoms with Gasteiger partial charge in [0.05, 0.1) is 6.10 Å². The highest BCUT2D eigenvalue weighted by Gasteiger charge is 2.61. The molecule has 0 bridgehead atoms. The minimum absolute atomic E-state index is 0.397. The van der Waals surface area contributed by atoms with Crippen molar-refractivity contribution >= 4 is 0 Å². The van der Waals surface area contributed by atoms with Crippen molar-refractivity contribution in [3.8, 4) is 0 Å². The maximum atomic E-state index is 6.05. The first-order valence-corrected chi connectivity index (χ1v) is 4.51. The third-order valence-electron chi connectivity index (χ3n) is 3.81. The molecule has 2 saturated carbocycles. The van der Waals surface area contributed by atoms with Crippen molar-refractivity contribution in [1.82, 2.24) is 0 Å². The van der Waals surface area contributed by atoms with Crippen LogP contribution in [0.5, 0.6) is 0 Å². The van der Waals surface area contributed by atoms with Gasteiger partial charge in [0, 0.05) is 18.6 Å². The third kappa shape index (κ3) is 0.695. The largest absolute Gasteiger partial charge is 0.380 e. The number of hydrogen-bond acceptors (Lipinski definition) is 2. The fraction of sp³-hybridized carbons (Fsp3) is 1.00. The second-order valence-electron chi connectivity index (χ2n) is 4.13. The molecule has 2 N–H and O–H groups in total. The van der Waals surface area contributed by atoms with Gasteiger partial charge in [0.2, 0.25) is 0 Å². The molecule has 0 amide bonds. The van der Waals surface area contributed by atoms with Gasteiger partial charge < -0.3 is 10.5 Å². The highest BCUT2D eigenvalue weighted by atomic mass is 16.5. The molecule has 0 aromatic carbocycles. The second-order valence-corrected chi connectivity index (χ2v) is 4.13. The van der Waals surface area contributed by atoms with Gasteiger partial charge >= 0.3 is 0 Å². The number of rotatable bonds is 1. The van der Waals surface area contributed by atoms with E-state index in [1.165, 1.54) is 19.3 Å². The summed E-state index contributed by atoms with van der Waals surface area (Å²) in [6.07, 6.45) is 4.38. The van der Waals surface area contributed by atoms with Crippen LogP contribution in [0.1, 0.15) is 26.2 Å². The molecule has 0 aromatic heterocycles. The van der Waals surface area contributed by atoms with Crippen molar-refractivity contribution in [3.63, 3.8) is 0 Å². The van der Waals surface area contributed by atoms with Crippen molar-refractivity contribution < 1.29 is 4.74 Å². The molecular formula is C9H17NO. The van der Waals surface area contributed by atoms with Crippen LogP contribution in [0.25, 0.3) is 0 Å². The predicted octanol–water partition coefficient (Wildman–Crippen LogP) is 1.15. The van der Waals surface area contributed by atoms with E-state index in [0.29, 0.717) is 23.5 Å². The first kappa shape index (κ1) is 7.56. The minimum atomic E-state index is 0.397. The summed E-state index contributed by atoms with van der Waals surface area (Å²) in [5, 5.41) is 0. The molecule has 2 fully saturated rings. The topological polar surface area (TPSA) is 35.2 Å². The van der Waals surface area contributed by atoms with E-state index in [4.69, 9.17) is 10.5 Å². The third-order valence-corrected chi connectivity index (χ3v) is 3.81. The summed E-state index contributed by atoms with van der Waals surface area (Å²) in [6.45, 7) is 2.20. The maximum absolute atomic E-state index is 6.05. The molecule has 0 radical (unpaired) electrons. The lowest BCUT2D eigenvalue weighted by molar-refractivity contribution is -0.191. The summed E-state index contributed by atoms with van der Waals surface area (Å²) in [7, 11) is 1.81. The molecule has 2 aliphatic carbocycles. The number of ether oxygens (including phenoxy) is 1. The summed E-state index contributed by atoms with van der Waals surface area (Å²) < 4.78 is 5.45. The van der Waals surface area contributed by atoms with Crippen LogP contribution in [0.3, 0.4) is 0 Å². The van der Waals surface area contributed by atoms with E-state index < -0.39 is 0 Å². The Labute approximate surface area is 68.1 Å². The Morgan fingerprint density at radius 1 is 1.45 bits per heavy atom. The van der Waals surface area contributed by atoms with E-state index in [-0.39, 0.29) is 0 Å². The van der Waals surface area contributed by atoms with Crippen LogP contribution >= 0.6 is 0 Å². The zero-order valence-corrected chi connectivity index (χ0v) is 7.34. The molecule has 1 spiro atoms. The van der Waals surface area contributed by atoms with Gasteiger partial charge in [-0.3, -0.25) is 0 Å². The number of methoxy groups -OCH3 is 1. The smallest absolute Gasteiger partial charge is 0.0682 e. The molecular weight excluding hydrogens is 138 g/mol. The summed E-state index contributed by atoms with van der Waals surface area (Å²) in [5.41, 5.74) is 6.45. The Hall–Kier alpha value is -0.0800. The molecule has 2 heteroatoms. The van der Waals surface area contributed by atoms with Gasteiger partial charge in [-0.2, -0.15) is 0 Å². The molecule has 64 valence electrons. The van der Waals surface area contributed by atoms with Gasteiger partial charge in [0.25, 0.3) is 0 Å². The van der Waals surface area contributed by atoms with E-state index in [1.54, 1.807) is 0 Å². The van der Waals surface area contributed by atoms with Gasteiger partial charge in [-0.15, -0.1) is 0 Å². The van der Waals surface area contributed by atoms with E-state index in [1.807, 2.05) is 7.11 Å². The molecule has 0 aromatic rings. The Kier molecular flexibility index (Phi) is 1.52. The standard InChI is InChI=1S/C9H17NO/c1-6-7(10)9(4-3-5-9)8(6)11-2/h6-8H,3-5,10H2,1-2H3/t6-,7-,8+/m1/s1. The van der Waals surface area contributed by atoms with Crippen LogP contribution in [0, 0.1) is 11.3 Å². The first-order chi connectivity index (χ1) is 5.22. The van der Waals surface area contributed by atoms with Gasteiger partial charge in [0.15, 0.2) is 0 Å². The fourth-order valence-electron chi connectivity index (χ4n) is 2.96. The number of nitrogens with two attached hydrogens (primary N) is 1. The molecule has 0 aliphatic heterocycles. The van der Waals surface area contributed by atoms with Gasteiger partial charge in [0.1, 0.15) is 0 Å². The first-order valence-electron chi connectivity index (χ1n) is 4.51. The monoisotopic (exact) mass is 155 g/mol. The van der Waals surface area contributed by atoms with Gasteiger partial charge in [-0.1, -0.05) is 13.3 Å². The van der Waals surface area contributed by atoms with Crippen LogP contribution in [-0.2, 0) is 4.74 Å². The maximum Gasteiger partial charge on any atom is 0.0682 e. The summed E-state index contributed by atoms with van der Waals surface area (Å²) in [4.78, 5) is 0. The normalized spacial score (nSPS) is 46.6. The highest BCUT2D eigenvalue weighted by Crippen LogP contribution is 2.58. The van der Waals surface area contributed by atoms with Gasteiger partial charge in [-0.05, 0) is 18.8 Å². The molecule has 0 saturated heterocycles. The average Bonchev–Trinajstić information content (AvgIpc) is 1.93. The summed E-state index contributed by atoms with van der Waals surface area (Å²) >= 11 is 0. The molecule has 3 atom stereocenters. The molecule has 2 rings (SSSR count). The summed E-state index contributed by atoms with van der Waals surface area (Å²) in [5.74, 6) is 0.570. The van der Waals surface area contributed by atoms with Crippen molar-refractivity contribution in [2.24, 2.45) is 17.1 Å². The van der Waals surface area contributed by atoms with Crippen molar-refractivity contribution in [3.05, 3.63) is 0 Å². The van der Waals surface area contributed by atoms with E-state index in [0.717, 1.165) is 0 Å². The Balaban J connectivity index is 2.09. The fourth-order valence-corrected chi connectivity index (χ4v) is 2.96. The van der Waals surface area contributed by atoms with Crippen LogP contribution in [0.2, 0.25) is 0 Å².